The van der Waals surface area contributed by atoms with Crippen molar-refractivity contribution in [3.05, 3.63) is 0 Å². The highest BCUT2D eigenvalue weighted by Gasteiger charge is 2.27. The molecule has 4 nitrogen and oxygen atoms in total. The zero-order valence-electron chi connectivity index (χ0n) is 5.95. The summed E-state index contributed by atoms with van der Waals surface area (Å²) in [6, 6.07) is 0.0926. The van der Waals surface area contributed by atoms with E-state index in [4.69, 9.17) is 5.14 Å². The molecule has 0 spiro atoms. The molecule has 1 aliphatic rings. The molecule has 1 fully saturated rings. The van der Waals surface area contributed by atoms with Crippen LogP contribution in [0.5, 0.6) is 0 Å². The maximum absolute atomic E-state index is 10.7. The van der Waals surface area contributed by atoms with E-state index in [0.717, 1.165) is 12.8 Å². The topological polar surface area (TPSA) is 63.4 Å². The van der Waals surface area contributed by atoms with Crippen LogP contribution in [0, 0.1) is 0 Å². The molecule has 0 unspecified atom stereocenters. The summed E-state index contributed by atoms with van der Waals surface area (Å²) in [6.45, 7) is 2.46. The Bertz CT molecular complexity index is 212. The molecule has 0 amide bonds. The van der Waals surface area contributed by atoms with Crippen molar-refractivity contribution < 1.29 is 8.42 Å². The fourth-order valence-electron chi connectivity index (χ4n) is 1.28. The molecule has 1 saturated heterocycles. The monoisotopic (exact) mass is 164 g/mol. The van der Waals surface area contributed by atoms with Gasteiger partial charge in [-0.3, -0.25) is 0 Å². The first kappa shape index (κ1) is 7.97. The van der Waals surface area contributed by atoms with E-state index in [9.17, 15) is 8.42 Å². The molecule has 2 N–H and O–H groups in total. The van der Waals surface area contributed by atoms with E-state index in [0.29, 0.717) is 6.54 Å². The van der Waals surface area contributed by atoms with Gasteiger partial charge in [0, 0.05) is 12.6 Å². The van der Waals surface area contributed by atoms with Crippen LogP contribution in [-0.2, 0) is 10.2 Å². The molecule has 0 aromatic rings. The van der Waals surface area contributed by atoms with Crippen LogP contribution in [0.4, 0.5) is 0 Å². The summed E-state index contributed by atoms with van der Waals surface area (Å²) in [7, 11) is -3.42. The van der Waals surface area contributed by atoms with E-state index in [1.54, 1.807) is 0 Å². The third-order valence-corrected chi connectivity index (χ3v) is 3.02. The van der Waals surface area contributed by atoms with Gasteiger partial charge in [-0.25, -0.2) is 5.14 Å². The highest BCUT2D eigenvalue weighted by molar-refractivity contribution is 7.86. The van der Waals surface area contributed by atoms with Gasteiger partial charge in [0.2, 0.25) is 0 Å². The second kappa shape index (κ2) is 2.48. The number of nitrogens with zero attached hydrogens (tertiary/aromatic N) is 1. The van der Waals surface area contributed by atoms with Crippen LogP contribution in [0.15, 0.2) is 0 Å². The SMILES string of the molecule is C[C@@H]1CCCN1S(N)(=O)=O. The van der Waals surface area contributed by atoms with E-state index < -0.39 is 10.2 Å². The lowest BCUT2D eigenvalue weighted by atomic mass is 10.3. The zero-order valence-corrected chi connectivity index (χ0v) is 6.76. The van der Waals surface area contributed by atoms with Crippen molar-refractivity contribution in [2.45, 2.75) is 25.8 Å². The smallest absolute Gasteiger partial charge is 0.216 e. The average molecular weight is 164 g/mol. The Hall–Kier alpha value is -0.130. The van der Waals surface area contributed by atoms with E-state index in [1.165, 1.54) is 4.31 Å². The highest BCUT2D eigenvalue weighted by atomic mass is 32.2. The van der Waals surface area contributed by atoms with Gasteiger partial charge in [-0.1, -0.05) is 0 Å². The van der Waals surface area contributed by atoms with Crippen LogP contribution < -0.4 is 5.14 Å². The number of hydrogen-bond donors (Lipinski definition) is 1. The summed E-state index contributed by atoms with van der Waals surface area (Å²) in [6.07, 6.45) is 1.86. The molecular weight excluding hydrogens is 152 g/mol. The van der Waals surface area contributed by atoms with Crippen molar-refractivity contribution in [3.8, 4) is 0 Å². The summed E-state index contributed by atoms with van der Waals surface area (Å²) < 4.78 is 22.8. The summed E-state index contributed by atoms with van der Waals surface area (Å²) in [5.41, 5.74) is 0. The third-order valence-electron chi connectivity index (χ3n) is 1.82. The minimum atomic E-state index is -3.42. The van der Waals surface area contributed by atoms with Gasteiger partial charge in [-0.05, 0) is 19.8 Å². The number of rotatable bonds is 1. The van der Waals surface area contributed by atoms with Crippen molar-refractivity contribution in [1.82, 2.24) is 4.31 Å². The van der Waals surface area contributed by atoms with Gasteiger partial charge in [0.1, 0.15) is 0 Å². The quantitative estimate of drug-likeness (QED) is 0.577. The average Bonchev–Trinajstić information content (AvgIpc) is 2.11. The Labute approximate surface area is 61.2 Å². The Morgan fingerprint density at radius 3 is 2.40 bits per heavy atom. The summed E-state index contributed by atoms with van der Waals surface area (Å²) >= 11 is 0. The van der Waals surface area contributed by atoms with Gasteiger partial charge in [0.25, 0.3) is 10.2 Å². The molecule has 60 valence electrons. The minimum Gasteiger partial charge on any atom is -0.216 e. The van der Waals surface area contributed by atoms with Crippen molar-refractivity contribution >= 4 is 10.2 Å². The number of hydrogen-bond acceptors (Lipinski definition) is 2. The molecule has 1 heterocycles. The van der Waals surface area contributed by atoms with E-state index in [-0.39, 0.29) is 6.04 Å². The molecule has 0 bridgehead atoms. The molecule has 1 aliphatic heterocycles. The fraction of sp³-hybridized carbons (Fsp3) is 1.00. The Morgan fingerprint density at radius 2 is 2.20 bits per heavy atom. The Morgan fingerprint density at radius 1 is 1.60 bits per heavy atom. The van der Waals surface area contributed by atoms with Crippen LogP contribution in [0.3, 0.4) is 0 Å². The van der Waals surface area contributed by atoms with Gasteiger partial charge in [-0.15, -0.1) is 0 Å². The molecule has 0 aliphatic carbocycles. The maximum atomic E-state index is 10.7. The first-order valence-electron chi connectivity index (χ1n) is 3.31. The van der Waals surface area contributed by atoms with E-state index in [2.05, 4.69) is 0 Å². The first-order chi connectivity index (χ1) is 4.52. The third kappa shape index (κ3) is 1.47. The Balaban J connectivity index is 2.74. The maximum Gasteiger partial charge on any atom is 0.277 e. The predicted octanol–water partition coefficient (Wildman–Crippen LogP) is -0.326. The second-order valence-electron chi connectivity index (χ2n) is 2.65. The van der Waals surface area contributed by atoms with Crippen molar-refractivity contribution in [2.24, 2.45) is 5.14 Å². The normalized spacial score (nSPS) is 29.2. The van der Waals surface area contributed by atoms with Crippen molar-refractivity contribution in [2.75, 3.05) is 6.54 Å². The molecule has 1 rings (SSSR count). The fourth-order valence-corrected chi connectivity index (χ4v) is 2.28. The number of nitrogens with two attached hydrogens (primary N) is 1. The summed E-state index contributed by atoms with van der Waals surface area (Å²) in [4.78, 5) is 0. The molecule has 10 heavy (non-hydrogen) atoms. The van der Waals surface area contributed by atoms with Crippen LogP contribution >= 0.6 is 0 Å². The lowest BCUT2D eigenvalue weighted by molar-refractivity contribution is 0.409. The van der Waals surface area contributed by atoms with E-state index >= 15 is 0 Å². The van der Waals surface area contributed by atoms with Crippen molar-refractivity contribution in [1.29, 1.82) is 0 Å². The molecule has 0 saturated carbocycles. The first-order valence-corrected chi connectivity index (χ1v) is 4.81. The Kier molecular flexibility index (Phi) is 1.98. The zero-order chi connectivity index (χ0) is 7.78. The molecule has 0 radical (unpaired) electrons. The molecule has 1 atom stereocenters. The van der Waals surface area contributed by atoms with E-state index in [1.807, 2.05) is 6.92 Å². The largest absolute Gasteiger partial charge is 0.277 e. The van der Waals surface area contributed by atoms with Gasteiger partial charge in [0.05, 0.1) is 0 Å². The van der Waals surface area contributed by atoms with Gasteiger partial charge in [-0.2, -0.15) is 12.7 Å². The minimum absolute atomic E-state index is 0.0926. The van der Waals surface area contributed by atoms with Crippen molar-refractivity contribution in [3.63, 3.8) is 0 Å². The standard InChI is InChI=1S/C5H12N2O2S/c1-5-3-2-4-7(5)10(6,8)9/h5H,2-4H2,1H3,(H2,6,8,9)/t5-/m1/s1. The predicted molar refractivity (Wildman–Crippen MR) is 38.5 cm³/mol. The van der Waals surface area contributed by atoms with Gasteiger partial charge in [0.15, 0.2) is 0 Å². The lowest BCUT2D eigenvalue weighted by Gasteiger charge is -2.16. The van der Waals surface area contributed by atoms with Crippen LogP contribution in [0.25, 0.3) is 0 Å². The van der Waals surface area contributed by atoms with Crippen LogP contribution in [-0.4, -0.2) is 25.3 Å². The molecule has 5 heteroatoms. The van der Waals surface area contributed by atoms with Gasteiger partial charge < -0.3 is 0 Å². The van der Waals surface area contributed by atoms with Crippen LogP contribution in [0.1, 0.15) is 19.8 Å². The molecule has 0 aromatic heterocycles. The second-order valence-corrected chi connectivity index (χ2v) is 4.15. The van der Waals surface area contributed by atoms with Gasteiger partial charge >= 0.3 is 0 Å². The van der Waals surface area contributed by atoms with Crippen LogP contribution in [0.2, 0.25) is 0 Å². The molecule has 0 aromatic carbocycles. The highest BCUT2D eigenvalue weighted by Crippen LogP contribution is 2.17. The molecular formula is C5H12N2O2S. The summed E-state index contributed by atoms with van der Waals surface area (Å²) in [5.74, 6) is 0. The summed E-state index contributed by atoms with van der Waals surface area (Å²) in [5, 5.41) is 4.93. The lowest BCUT2D eigenvalue weighted by Crippen LogP contribution is -2.38.